The first-order valence-electron chi connectivity index (χ1n) is 7.31. The average Bonchev–Trinajstić information content (AvgIpc) is 2.37. The Morgan fingerprint density at radius 3 is 2.26 bits per heavy atom. The van der Waals surface area contributed by atoms with Gasteiger partial charge in [0.05, 0.1) is 0 Å². The predicted molar refractivity (Wildman–Crippen MR) is 75.8 cm³/mol. The highest BCUT2D eigenvalue weighted by Crippen LogP contribution is 2.22. The molecule has 0 radical (unpaired) electrons. The Kier molecular flexibility index (Phi) is 5.25. The molecule has 19 heavy (non-hydrogen) atoms. The van der Waals surface area contributed by atoms with Crippen molar-refractivity contribution in [2.45, 2.75) is 51.5 Å². The van der Waals surface area contributed by atoms with Crippen LogP contribution in [0.25, 0.3) is 0 Å². The minimum Gasteiger partial charge on any atom is -0.508 e. The normalized spacial score (nSPS) is 17.5. The van der Waals surface area contributed by atoms with Gasteiger partial charge in [-0.1, -0.05) is 44.2 Å². The number of hydrogen-bond acceptors (Lipinski definition) is 2. The zero-order valence-corrected chi connectivity index (χ0v) is 11.4. The highest BCUT2D eigenvalue weighted by Gasteiger charge is 2.18. The third kappa shape index (κ3) is 4.58. The van der Waals surface area contributed by atoms with Crippen molar-refractivity contribution >= 4 is 5.91 Å². The van der Waals surface area contributed by atoms with E-state index in [1.807, 2.05) is 12.1 Å². The summed E-state index contributed by atoms with van der Waals surface area (Å²) >= 11 is 0. The molecule has 1 aromatic carbocycles. The van der Waals surface area contributed by atoms with Crippen LogP contribution in [0.4, 0.5) is 0 Å². The maximum Gasteiger partial charge on any atom is 0.223 e. The first kappa shape index (κ1) is 13.9. The van der Waals surface area contributed by atoms with Crippen LogP contribution in [-0.2, 0) is 11.3 Å². The molecule has 3 nitrogen and oxygen atoms in total. The fraction of sp³-hybridized carbons (Fsp3) is 0.562. The largest absolute Gasteiger partial charge is 0.508 e. The van der Waals surface area contributed by atoms with E-state index in [1.54, 1.807) is 12.1 Å². The van der Waals surface area contributed by atoms with Crippen molar-refractivity contribution in [2.75, 3.05) is 0 Å². The van der Waals surface area contributed by atoms with Crippen molar-refractivity contribution in [1.29, 1.82) is 0 Å². The fourth-order valence-electron chi connectivity index (χ4n) is 2.67. The lowest BCUT2D eigenvalue weighted by molar-refractivity contribution is -0.125. The maximum absolute atomic E-state index is 12.1. The molecular weight excluding hydrogens is 238 g/mol. The van der Waals surface area contributed by atoms with Gasteiger partial charge in [-0.15, -0.1) is 0 Å². The number of rotatable bonds is 3. The standard InChI is InChI=1S/C16H23NO2/c18-15-10-8-13(9-11-15)12-17-16(19)14-6-4-2-1-3-5-7-14/h8-11,14,18H,1-7,12H2,(H,17,19). The van der Waals surface area contributed by atoms with Crippen LogP contribution in [0.15, 0.2) is 24.3 Å². The summed E-state index contributed by atoms with van der Waals surface area (Å²) in [5.74, 6) is 0.641. The lowest BCUT2D eigenvalue weighted by atomic mass is 9.90. The topological polar surface area (TPSA) is 49.3 Å². The molecule has 0 heterocycles. The summed E-state index contributed by atoms with van der Waals surface area (Å²) in [6, 6.07) is 6.98. The number of aromatic hydroxyl groups is 1. The predicted octanol–water partition coefficient (Wildman–Crippen LogP) is 3.37. The summed E-state index contributed by atoms with van der Waals surface area (Å²) in [7, 11) is 0. The van der Waals surface area contributed by atoms with Crippen LogP contribution in [0, 0.1) is 5.92 Å². The molecule has 0 unspecified atom stereocenters. The van der Waals surface area contributed by atoms with Gasteiger partial charge in [0.1, 0.15) is 5.75 Å². The van der Waals surface area contributed by atoms with Crippen molar-refractivity contribution in [3.63, 3.8) is 0 Å². The van der Waals surface area contributed by atoms with Crippen molar-refractivity contribution in [3.8, 4) is 5.75 Å². The average molecular weight is 261 g/mol. The molecule has 0 aromatic heterocycles. The van der Waals surface area contributed by atoms with Gasteiger partial charge in [-0.25, -0.2) is 0 Å². The van der Waals surface area contributed by atoms with Crippen LogP contribution < -0.4 is 5.32 Å². The molecule has 2 N–H and O–H groups in total. The lowest BCUT2D eigenvalue weighted by Gasteiger charge is -2.19. The van der Waals surface area contributed by atoms with Crippen LogP contribution >= 0.6 is 0 Å². The van der Waals surface area contributed by atoms with Crippen LogP contribution in [0.3, 0.4) is 0 Å². The first-order valence-corrected chi connectivity index (χ1v) is 7.31. The van der Waals surface area contributed by atoms with E-state index < -0.39 is 0 Å². The number of phenolic OH excluding ortho intramolecular Hbond substituents is 1. The summed E-state index contributed by atoms with van der Waals surface area (Å²) in [5.41, 5.74) is 1.02. The Morgan fingerprint density at radius 2 is 1.63 bits per heavy atom. The maximum atomic E-state index is 12.1. The molecule has 1 fully saturated rings. The highest BCUT2D eigenvalue weighted by atomic mass is 16.3. The van der Waals surface area contributed by atoms with Crippen LogP contribution in [0.1, 0.15) is 50.5 Å². The molecule has 1 aliphatic rings. The summed E-state index contributed by atoms with van der Waals surface area (Å²) in [4.78, 5) is 12.1. The van der Waals surface area contributed by atoms with E-state index in [-0.39, 0.29) is 17.6 Å². The Labute approximate surface area is 115 Å². The second kappa shape index (κ2) is 7.17. The SMILES string of the molecule is O=C(NCc1ccc(O)cc1)C1CCCCCCC1. The van der Waals surface area contributed by atoms with E-state index in [9.17, 15) is 9.90 Å². The molecule has 1 aliphatic carbocycles. The van der Waals surface area contributed by atoms with Gasteiger partial charge < -0.3 is 10.4 Å². The highest BCUT2D eigenvalue weighted by molar-refractivity contribution is 5.78. The van der Waals surface area contributed by atoms with E-state index >= 15 is 0 Å². The molecular formula is C16H23NO2. The quantitative estimate of drug-likeness (QED) is 0.876. The molecule has 1 aromatic rings. The monoisotopic (exact) mass is 261 g/mol. The lowest BCUT2D eigenvalue weighted by Crippen LogP contribution is -2.30. The molecule has 0 aliphatic heterocycles. The number of phenols is 1. The molecule has 0 bridgehead atoms. The van der Waals surface area contributed by atoms with Gasteiger partial charge in [0.25, 0.3) is 0 Å². The summed E-state index contributed by atoms with van der Waals surface area (Å²) in [6.07, 6.45) is 8.27. The molecule has 1 amide bonds. The molecule has 104 valence electrons. The van der Waals surface area contributed by atoms with Crippen LogP contribution in [0.2, 0.25) is 0 Å². The number of benzene rings is 1. The Hall–Kier alpha value is -1.51. The minimum absolute atomic E-state index is 0.190. The molecule has 0 saturated heterocycles. The Balaban J connectivity index is 1.80. The van der Waals surface area contributed by atoms with E-state index in [1.165, 1.54) is 32.1 Å². The van der Waals surface area contributed by atoms with E-state index in [2.05, 4.69) is 5.32 Å². The third-order valence-electron chi connectivity index (χ3n) is 3.88. The molecule has 1 saturated carbocycles. The number of hydrogen-bond donors (Lipinski definition) is 2. The number of amides is 1. The van der Waals surface area contributed by atoms with Gasteiger partial charge in [-0.05, 0) is 30.5 Å². The molecule has 2 rings (SSSR count). The van der Waals surface area contributed by atoms with Crippen LogP contribution in [-0.4, -0.2) is 11.0 Å². The van der Waals surface area contributed by atoms with Gasteiger partial charge in [-0.2, -0.15) is 0 Å². The summed E-state index contributed by atoms with van der Waals surface area (Å²) in [6.45, 7) is 0.551. The Morgan fingerprint density at radius 1 is 1.05 bits per heavy atom. The zero-order valence-electron chi connectivity index (χ0n) is 11.4. The van der Waals surface area contributed by atoms with Crippen molar-refractivity contribution in [3.05, 3.63) is 29.8 Å². The second-order valence-corrected chi connectivity index (χ2v) is 5.43. The van der Waals surface area contributed by atoms with Crippen molar-refractivity contribution in [2.24, 2.45) is 5.92 Å². The number of carbonyl (C=O) groups excluding carboxylic acids is 1. The third-order valence-corrected chi connectivity index (χ3v) is 3.88. The van der Waals surface area contributed by atoms with Gasteiger partial charge in [0.2, 0.25) is 5.91 Å². The minimum atomic E-state index is 0.190. The van der Waals surface area contributed by atoms with Gasteiger partial charge in [0.15, 0.2) is 0 Å². The Bertz CT molecular complexity index is 392. The van der Waals surface area contributed by atoms with Crippen molar-refractivity contribution < 1.29 is 9.90 Å². The van der Waals surface area contributed by atoms with Gasteiger partial charge in [-0.3, -0.25) is 4.79 Å². The molecule has 0 atom stereocenters. The van der Waals surface area contributed by atoms with E-state index in [0.29, 0.717) is 6.54 Å². The summed E-state index contributed by atoms with van der Waals surface area (Å²) in [5, 5.41) is 12.2. The van der Waals surface area contributed by atoms with Crippen molar-refractivity contribution in [1.82, 2.24) is 5.32 Å². The molecule has 3 heteroatoms. The van der Waals surface area contributed by atoms with Gasteiger partial charge >= 0.3 is 0 Å². The fourth-order valence-corrected chi connectivity index (χ4v) is 2.67. The number of carbonyl (C=O) groups is 1. The van der Waals surface area contributed by atoms with Gasteiger partial charge in [0, 0.05) is 12.5 Å². The second-order valence-electron chi connectivity index (χ2n) is 5.43. The van der Waals surface area contributed by atoms with E-state index in [0.717, 1.165) is 18.4 Å². The first-order chi connectivity index (χ1) is 9.25. The van der Waals surface area contributed by atoms with E-state index in [4.69, 9.17) is 0 Å². The zero-order chi connectivity index (χ0) is 13.5. The summed E-state index contributed by atoms with van der Waals surface area (Å²) < 4.78 is 0. The number of nitrogens with one attached hydrogen (secondary N) is 1. The molecule has 0 spiro atoms. The smallest absolute Gasteiger partial charge is 0.223 e. The van der Waals surface area contributed by atoms with Crippen LogP contribution in [0.5, 0.6) is 5.75 Å².